The molecule has 5 rings (SSSR count). The fourth-order valence-electron chi connectivity index (χ4n) is 5.91. The van der Waals surface area contributed by atoms with Crippen molar-refractivity contribution in [2.24, 2.45) is 0 Å². The number of carbonyl (C=O) groups excluding carboxylic acids is 2. The van der Waals surface area contributed by atoms with Crippen LogP contribution in [0, 0.1) is 0 Å². The van der Waals surface area contributed by atoms with Gasteiger partial charge in [0.15, 0.2) is 17.3 Å². The normalized spacial score (nSPS) is 22.0. The average Bonchev–Trinajstić information content (AvgIpc) is 3.40. The van der Waals surface area contributed by atoms with E-state index in [9.17, 15) is 14.7 Å². The second kappa shape index (κ2) is 10.3. The number of hydrogen-bond donors (Lipinski definition) is 2. The molecule has 2 aliphatic carbocycles. The van der Waals surface area contributed by atoms with E-state index in [1.54, 1.807) is 32.4 Å². The Balaban J connectivity index is 1.53. The van der Waals surface area contributed by atoms with Crippen LogP contribution in [0.3, 0.4) is 0 Å². The standard InChI is InChI=1S/C30H33NO6/c1-17-27(30(34)37-22-9-4-5-10-22)28(19-7-6-8-21(32)13-19)29-23(31-17)14-20(15-24(29)33)18-11-12-25(35-2)26(16-18)36-3/h6-8,11-13,16,20,22,28,31-32H,4-5,9-10,14-15H2,1-3H3/t20-,28+/m0/s1. The van der Waals surface area contributed by atoms with Crippen molar-refractivity contribution in [1.82, 2.24) is 5.32 Å². The number of ether oxygens (including phenoxy) is 3. The van der Waals surface area contributed by atoms with E-state index in [4.69, 9.17) is 14.2 Å². The summed E-state index contributed by atoms with van der Waals surface area (Å²) >= 11 is 0. The summed E-state index contributed by atoms with van der Waals surface area (Å²) in [6.07, 6.45) is 4.64. The average molecular weight is 504 g/mol. The molecule has 0 amide bonds. The third-order valence-corrected chi connectivity index (χ3v) is 7.71. The lowest BCUT2D eigenvalue weighted by Gasteiger charge is -2.37. The van der Waals surface area contributed by atoms with Crippen LogP contribution < -0.4 is 14.8 Å². The van der Waals surface area contributed by atoms with E-state index in [-0.39, 0.29) is 23.6 Å². The van der Waals surface area contributed by atoms with Gasteiger partial charge in [-0.3, -0.25) is 4.79 Å². The highest BCUT2D eigenvalue weighted by molar-refractivity contribution is 6.04. The Morgan fingerprint density at radius 1 is 0.973 bits per heavy atom. The number of benzene rings is 2. The van der Waals surface area contributed by atoms with Crippen LogP contribution in [0.1, 0.15) is 68.4 Å². The van der Waals surface area contributed by atoms with Crippen LogP contribution in [-0.2, 0) is 14.3 Å². The second-order valence-electron chi connectivity index (χ2n) is 10.0. The number of methoxy groups -OCH3 is 2. The van der Waals surface area contributed by atoms with E-state index >= 15 is 0 Å². The number of aromatic hydroxyl groups is 1. The number of phenols is 1. The van der Waals surface area contributed by atoms with Gasteiger partial charge < -0.3 is 24.6 Å². The molecule has 2 aromatic carbocycles. The van der Waals surface area contributed by atoms with Crippen LogP contribution in [0.2, 0.25) is 0 Å². The summed E-state index contributed by atoms with van der Waals surface area (Å²) < 4.78 is 16.7. The molecule has 7 nitrogen and oxygen atoms in total. The number of esters is 1. The monoisotopic (exact) mass is 503 g/mol. The number of allylic oxidation sites excluding steroid dienone is 3. The molecule has 7 heteroatoms. The number of dihydropyridines is 1. The van der Waals surface area contributed by atoms with Crippen molar-refractivity contribution in [3.8, 4) is 17.2 Å². The van der Waals surface area contributed by atoms with E-state index in [2.05, 4.69) is 5.32 Å². The van der Waals surface area contributed by atoms with Gasteiger partial charge in [0.25, 0.3) is 0 Å². The minimum Gasteiger partial charge on any atom is -0.508 e. The first-order valence-corrected chi connectivity index (χ1v) is 12.9. The van der Waals surface area contributed by atoms with Gasteiger partial charge in [-0.15, -0.1) is 0 Å². The molecular weight excluding hydrogens is 470 g/mol. The minimum absolute atomic E-state index is 0.0273. The maximum atomic E-state index is 13.8. The molecule has 1 saturated carbocycles. The van der Waals surface area contributed by atoms with Crippen molar-refractivity contribution in [3.05, 3.63) is 76.1 Å². The zero-order chi connectivity index (χ0) is 26.1. The van der Waals surface area contributed by atoms with Crippen molar-refractivity contribution in [2.45, 2.75) is 63.4 Å². The highest BCUT2D eigenvalue weighted by Crippen LogP contribution is 2.47. The highest BCUT2D eigenvalue weighted by Gasteiger charge is 2.42. The van der Waals surface area contributed by atoms with Crippen LogP contribution in [0.25, 0.3) is 0 Å². The minimum atomic E-state index is -0.601. The number of ketones is 1. The summed E-state index contributed by atoms with van der Waals surface area (Å²) in [7, 11) is 3.19. The van der Waals surface area contributed by atoms with Crippen LogP contribution in [0.4, 0.5) is 0 Å². The smallest absolute Gasteiger partial charge is 0.337 e. The van der Waals surface area contributed by atoms with Crippen LogP contribution in [0.5, 0.6) is 17.2 Å². The van der Waals surface area contributed by atoms with Gasteiger partial charge in [-0.05, 0) is 80.3 Å². The first-order chi connectivity index (χ1) is 17.9. The van der Waals surface area contributed by atoms with Gasteiger partial charge in [0, 0.05) is 29.3 Å². The Morgan fingerprint density at radius 3 is 2.43 bits per heavy atom. The lowest BCUT2D eigenvalue weighted by molar-refractivity contribution is -0.144. The maximum Gasteiger partial charge on any atom is 0.337 e. The second-order valence-corrected chi connectivity index (χ2v) is 10.0. The van der Waals surface area contributed by atoms with Crippen LogP contribution in [0.15, 0.2) is 65.0 Å². The lowest BCUT2D eigenvalue weighted by Crippen LogP contribution is -2.36. The highest BCUT2D eigenvalue weighted by atomic mass is 16.5. The zero-order valence-corrected chi connectivity index (χ0v) is 21.5. The Morgan fingerprint density at radius 2 is 1.73 bits per heavy atom. The molecule has 0 radical (unpaired) electrons. The topological polar surface area (TPSA) is 94.1 Å². The third-order valence-electron chi connectivity index (χ3n) is 7.71. The number of carbonyl (C=O) groups is 2. The molecular formula is C30H33NO6. The van der Waals surface area contributed by atoms with Crippen molar-refractivity contribution < 1.29 is 28.9 Å². The molecule has 2 N–H and O–H groups in total. The van der Waals surface area contributed by atoms with Crippen molar-refractivity contribution >= 4 is 11.8 Å². The number of nitrogens with one attached hydrogen (secondary N) is 1. The molecule has 1 aliphatic heterocycles. The Bertz CT molecular complexity index is 1290. The molecule has 2 aromatic rings. The quantitative estimate of drug-likeness (QED) is 0.520. The first kappa shape index (κ1) is 24.9. The molecule has 3 aliphatic rings. The van der Waals surface area contributed by atoms with Gasteiger partial charge in [-0.25, -0.2) is 4.79 Å². The molecule has 0 aromatic heterocycles. The van der Waals surface area contributed by atoms with Gasteiger partial charge in [0.1, 0.15) is 11.9 Å². The van der Waals surface area contributed by atoms with E-state index in [0.29, 0.717) is 46.7 Å². The molecule has 1 heterocycles. The van der Waals surface area contributed by atoms with Crippen LogP contribution in [-0.4, -0.2) is 37.2 Å². The summed E-state index contributed by atoms with van der Waals surface area (Å²) in [4.78, 5) is 27.3. The Labute approximate surface area is 217 Å². The number of Topliss-reactive ketones (excluding diaryl/α,β-unsaturated/α-hetero) is 1. The van der Waals surface area contributed by atoms with E-state index in [0.717, 1.165) is 36.9 Å². The fraction of sp³-hybridized carbons (Fsp3) is 0.400. The number of phenolic OH excluding ortho intramolecular Hbond substituents is 1. The third kappa shape index (κ3) is 4.82. The van der Waals surface area contributed by atoms with Gasteiger partial charge >= 0.3 is 5.97 Å². The Kier molecular flexibility index (Phi) is 6.96. The molecule has 0 bridgehead atoms. The van der Waals surface area contributed by atoms with E-state index < -0.39 is 11.9 Å². The van der Waals surface area contributed by atoms with E-state index in [1.165, 1.54) is 0 Å². The summed E-state index contributed by atoms with van der Waals surface area (Å²) in [5.41, 5.74) is 4.18. The van der Waals surface area contributed by atoms with Gasteiger partial charge in [-0.1, -0.05) is 18.2 Å². The first-order valence-electron chi connectivity index (χ1n) is 12.9. The predicted molar refractivity (Wildman–Crippen MR) is 139 cm³/mol. The molecule has 1 fully saturated rings. The molecule has 0 saturated heterocycles. The zero-order valence-electron chi connectivity index (χ0n) is 21.5. The fourth-order valence-corrected chi connectivity index (χ4v) is 5.91. The molecule has 37 heavy (non-hydrogen) atoms. The molecule has 0 spiro atoms. The van der Waals surface area contributed by atoms with Crippen molar-refractivity contribution in [2.75, 3.05) is 14.2 Å². The number of hydrogen-bond acceptors (Lipinski definition) is 7. The largest absolute Gasteiger partial charge is 0.508 e. The summed E-state index contributed by atoms with van der Waals surface area (Å²) in [6, 6.07) is 12.5. The van der Waals surface area contributed by atoms with Crippen molar-refractivity contribution in [1.29, 1.82) is 0 Å². The maximum absolute atomic E-state index is 13.8. The number of rotatable bonds is 6. The predicted octanol–water partition coefficient (Wildman–Crippen LogP) is 5.26. The van der Waals surface area contributed by atoms with E-state index in [1.807, 2.05) is 31.2 Å². The summed E-state index contributed by atoms with van der Waals surface area (Å²) in [5.74, 6) is 0.268. The molecule has 2 atom stereocenters. The summed E-state index contributed by atoms with van der Waals surface area (Å²) in [6.45, 7) is 1.86. The summed E-state index contributed by atoms with van der Waals surface area (Å²) in [5, 5.41) is 13.6. The van der Waals surface area contributed by atoms with Crippen LogP contribution >= 0.6 is 0 Å². The van der Waals surface area contributed by atoms with Crippen molar-refractivity contribution in [3.63, 3.8) is 0 Å². The lowest BCUT2D eigenvalue weighted by atomic mass is 9.71. The van der Waals surface area contributed by atoms with Gasteiger partial charge in [0.2, 0.25) is 0 Å². The van der Waals surface area contributed by atoms with Gasteiger partial charge in [-0.2, -0.15) is 0 Å². The SMILES string of the molecule is COc1ccc([C@@H]2CC(=O)C3=C(C2)NC(C)=C(C(=O)OC2CCCC2)[C@H]3c2cccc(O)c2)cc1OC. The molecule has 194 valence electrons. The van der Waals surface area contributed by atoms with Gasteiger partial charge in [0.05, 0.1) is 19.8 Å². The molecule has 0 unspecified atom stereocenters. The Hall–Kier alpha value is -3.74.